The molecule has 0 saturated heterocycles. The Morgan fingerprint density at radius 3 is 2.47 bits per heavy atom. The molecule has 1 saturated carbocycles. The van der Waals surface area contributed by atoms with Gasteiger partial charge in [0.1, 0.15) is 0 Å². The van der Waals surface area contributed by atoms with E-state index in [4.69, 9.17) is 0 Å². The van der Waals surface area contributed by atoms with Crippen LogP contribution in [0.1, 0.15) is 26.7 Å². The summed E-state index contributed by atoms with van der Waals surface area (Å²) in [5, 5.41) is 0. The second-order valence-electron chi connectivity index (χ2n) is 5.02. The van der Waals surface area contributed by atoms with Crippen molar-refractivity contribution < 1.29 is 17.9 Å². The molecular weight excluding hydrogens is 244 g/mol. The zero-order valence-corrected chi connectivity index (χ0v) is 11.5. The molecule has 1 rings (SSSR count). The molecule has 0 aliphatic heterocycles. The first kappa shape index (κ1) is 14.4. The van der Waals surface area contributed by atoms with E-state index in [-0.39, 0.29) is 24.4 Å². The molecule has 0 bridgehead atoms. The predicted octanol–water partition coefficient (Wildman–Crippen LogP) is 0.114. The molecule has 0 spiro atoms. The number of carbonyl (C=O) groups is 1. The highest BCUT2D eigenvalue weighted by atomic mass is 32.2. The highest BCUT2D eigenvalue weighted by Gasteiger charge is 2.48. The fourth-order valence-electron chi connectivity index (χ4n) is 1.41. The second-order valence-corrected chi connectivity index (χ2v) is 6.83. The molecule has 0 heterocycles. The maximum absolute atomic E-state index is 11.8. The molecule has 17 heavy (non-hydrogen) atoms. The Morgan fingerprint density at radius 1 is 1.53 bits per heavy atom. The van der Waals surface area contributed by atoms with Crippen LogP contribution in [-0.4, -0.2) is 45.4 Å². The number of esters is 1. The number of nitrogens with one attached hydrogen (secondary N) is 1. The van der Waals surface area contributed by atoms with Crippen LogP contribution in [0.25, 0.3) is 0 Å². The zero-order valence-electron chi connectivity index (χ0n) is 10.7. The Morgan fingerprint density at radius 2 is 2.06 bits per heavy atom. The Labute approximate surface area is 102 Å². The fourth-order valence-corrected chi connectivity index (χ4v) is 2.68. The average molecular weight is 264 g/mol. The molecule has 1 aliphatic rings. The summed E-state index contributed by atoms with van der Waals surface area (Å²) >= 11 is 0. The lowest BCUT2D eigenvalue weighted by Crippen LogP contribution is -2.41. The molecule has 1 atom stereocenters. The van der Waals surface area contributed by atoms with Crippen molar-refractivity contribution >= 4 is 16.2 Å². The molecular formula is C10H20N2O4S. The van der Waals surface area contributed by atoms with E-state index in [1.165, 1.54) is 14.2 Å². The topological polar surface area (TPSA) is 75.7 Å². The van der Waals surface area contributed by atoms with Crippen molar-refractivity contribution in [2.24, 2.45) is 5.41 Å². The minimum absolute atomic E-state index is 0.00641. The van der Waals surface area contributed by atoms with Gasteiger partial charge in [0, 0.05) is 19.6 Å². The first-order chi connectivity index (χ1) is 7.69. The Hall–Kier alpha value is -0.660. The van der Waals surface area contributed by atoms with Gasteiger partial charge in [-0.1, -0.05) is 13.8 Å². The van der Waals surface area contributed by atoms with Crippen LogP contribution in [-0.2, 0) is 19.7 Å². The van der Waals surface area contributed by atoms with Crippen LogP contribution in [0.15, 0.2) is 0 Å². The number of rotatable bonds is 6. The quantitative estimate of drug-likeness (QED) is 0.691. The van der Waals surface area contributed by atoms with Gasteiger partial charge in [0.25, 0.3) is 10.2 Å². The van der Waals surface area contributed by atoms with E-state index in [2.05, 4.69) is 9.46 Å². The van der Waals surface area contributed by atoms with Crippen molar-refractivity contribution in [1.82, 2.24) is 9.03 Å². The zero-order chi connectivity index (χ0) is 13.3. The third-order valence-electron chi connectivity index (χ3n) is 3.07. The molecule has 1 N–H and O–H groups in total. The minimum atomic E-state index is -3.50. The van der Waals surface area contributed by atoms with Crippen molar-refractivity contribution in [3.63, 3.8) is 0 Å². The summed E-state index contributed by atoms with van der Waals surface area (Å²) in [4.78, 5) is 10.9. The van der Waals surface area contributed by atoms with Crippen molar-refractivity contribution in [2.45, 2.75) is 32.7 Å². The van der Waals surface area contributed by atoms with E-state index in [1.807, 2.05) is 13.8 Å². The largest absolute Gasteiger partial charge is 0.469 e. The number of ether oxygens (including phenoxy) is 1. The summed E-state index contributed by atoms with van der Waals surface area (Å²) in [6, 6.07) is -0.00641. The minimum Gasteiger partial charge on any atom is -0.469 e. The molecule has 0 aromatic heterocycles. The standard InChI is InChI=1S/C10H20N2O4S/c1-10(2)7-8(10)11-17(14,15)12(3)6-5-9(13)16-4/h8,11H,5-7H2,1-4H3. The highest BCUT2D eigenvalue weighted by molar-refractivity contribution is 7.87. The average Bonchev–Trinajstić information content (AvgIpc) is 2.80. The lowest BCUT2D eigenvalue weighted by Gasteiger charge is -2.17. The van der Waals surface area contributed by atoms with Crippen LogP contribution in [0.4, 0.5) is 0 Å². The van der Waals surface area contributed by atoms with Gasteiger partial charge in [-0.15, -0.1) is 0 Å². The van der Waals surface area contributed by atoms with Gasteiger partial charge in [-0.3, -0.25) is 4.79 Å². The van der Waals surface area contributed by atoms with Crippen LogP contribution in [0.3, 0.4) is 0 Å². The predicted molar refractivity (Wildman–Crippen MR) is 63.5 cm³/mol. The van der Waals surface area contributed by atoms with Crippen LogP contribution >= 0.6 is 0 Å². The fraction of sp³-hybridized carbons (Fsp3) is 0.900. The van der Waals surface area contributed by atoms with E-state index in [1.54, 1.807) is 0 Å². The first-order valence-corrected chi connectivity index (χ1v) is 6.93. The number of nitrogens with zero attached hydrogens (tertiary/aromatic N) is 1. The first-order valence-electron chi connectivity index (χ1n) is 5.49. The smallest absolute Gasteiger partial charge is 0.306 e. The summed E-state index contributed by atoms with van der Waals surface area (Å²) in [5.74, 6) is -0.418. The Bertz CT molecular complexity index is 391. The number of carbonyl (C=O) groups excluding carboxylic acids is 1. The SMILES string of the molecule is COC(=O)CCN(C)S(=O)(=O)NC1CC1(C)C. The Balaban J connectivity index is 2.44. The van der Waals surface area contributed by atoms with Gasteiger partial charge in [-0.05, 0) is 11.8 Å². The molecule has 1 unspecified atom stereocenters. The van der Waals surface area contributed by atoms with Gasteiger partial charge in [0.05, 0.1) is 13.5 Å². The molecule has 7 heteroatoms. The second kappa shape index (κ2) is 4.91. The normalized spacial score (nSPS) is 22.5. The third-order valence-corrected chi connectivity index (χ3v) is 4.66. The molecule has 0 aromatic rings. The Kier molecular flexibility index (Phi) is 4.16. The van der Waals surface area contributed by atoms with E-state index >= 15 is 0 Å². The van der Waals surface area contributed by atoms with E-state index in [0.717, 1.165) is 10.7 Å². The summed E-state index contributed by atoms with van der Waals surface area (Å²) in [6.07, 6.45) is 0.902. The summed E-state index contributed by atoms with van der Waals surface area (Å²) < 4.78 is 31.9. The molecule has 1 aliphatic carbocycles. The van der Waals surface area contributed by atoms with Gasteiger partial charge in [-0.2, -0.15) is 17.4 Å². The molecule has 1 fully saturated rings. The van der Waals surface area contributed by atoms with Gasteiger partial charge in [0.15, 0.2) is 0 Å². The summed E-state index contributed by atoms with van der Waals surface area (Å²) in [7, 11) is -0.772. The van der Waals surface area contributed by atoms with Crippen LogP contribution in [0.5, 0.6) is 0 Å². The van der Waals surface area contributed by atoms with Crippen LogP contribution < -0.4 is 4.72 Å². The number of hydrogen-bond acceptors (Lipinski definition) is 4. The maximum Gasteiger partial charge on any atom is 0.306 e. The van der Waals surface area contributed by atoms with E-state index < -0.39 is 16.2 Å². The van der Waals surface area contributed by atoms with Crippen molar-refractivity contribution in [3.05, 3.63) is 0 Å². The van der Waals surface area contributed by atoms with Gasteiger partial charge >= 0.3 is 5.97 Å². The van der Waals surface area contributed by atoms with Gasteiger partial charge in [-0.25, -0.2) is 0 Å². The van der Waals surface area contributed by atoms with Gasteiger partial charge < -0.3 is 4.74 Å². The molecule has 0 radical (unpaired) electrons. The van der Waals surface area contributed by atoms with E-state index in [9.17, 15) is 13.2 Å². The lowest BCUT2D eigenvalue weighted by molar-refractivity contribution is -0.140. The van der Waals surface area contributed by atoms with Crippen LogP contribution in [0.2, 0.25) is 0 Å². The molecule has 6 nitrogen and oxygen atoms in total. The van der Waals surface area contributed by atoms with Crippen molar-refractivity contribution in [2.75, 3.05) is 20.7 Å². The number of methoxy groups -OCH3 is 1. The van der Waals surface area contributed by atoms with Crippen molar-refractivity contribution in [1.29, 1.82) is 0 Å². The van der Waals surface area contributed by atoms with Crippen molar-refractivity contribution in [3.8, 4) is 0 Å². The molecule has 0 aromatic carbocycles. The molecule has 100 valence electrons. The summed E-state index contributed by atoms with van der Waals surface area (Å²) in [6.45, 7) is 4.14. The van der Waals surface area contributed by atoms with E-state index in [0.29, 0.717) is 0 Å². The molecule has 0 amide bonds. The summed E-state index contributed by atoms with van der Waals surface area (Å²) in [5.41, 5.74) is 0.0380. The maximum atomic E-state index is 11.8. The van der Waals surface area contributed by atoms with Gasteiger partial charge in [0.2, 0.25) is 0 Å². The lowest BCUT2D eigenvalue weighted by atomic mass is 10.2. The monoisotopic (exact) mass is 264 g/mol. The highest BCUT2D eigenvalue weighted by Crippen LogP contribution is 2.45. The van der Waals surface area contributed by atoms with Crippen LogP contribution in [0, 0.1) is 5.41 Å². The number of hydrogen-bond donors (Lipinski definition) is 1. The third kappa shape index (κ3) is 3.93.